The number of halogens is 1. The van der Waals surface area contributed by atoms with Gasteiger partial charge in [0, 0.05) is 11.6 Å². The zero-order chi connectivity index (χ0) is 14.1. The van der Waals surface area contributed by atoms with Gasteiger partial charge < -0.3 is 5.11 Å². The average molecular weight is 284 g/mol. The predicted molar refractivity (Wildman–Crippen MR) is 79.1 cm³/mol. The highest BCUT2D eigenvalue weighted by atomic mass is 35.5. The van der Waals surface area contributed by atoms with Crippen molar-refractivity contribution in [1.82, 2.24) is 4.98 Å². The molecule has 20 heavy (non-hydrogen) atoms. The molecule has 0 saturated heterocycles. The van der Waals surface area contributed by atoms with Crippen LogP contribution in [-0.4, -0.2) is 16.1 Å². The van der Waals surface area contributed by atoms with Crippen LogP contribution in [0.2, 0.25) is 5.02 Å². The molecular formula is C16H10ClNO2. The number of carboxylic acid groups (broad SMARTS) is 1. The van der Waals surface area contributed by atoms with E-state index in [0.29, 0.717) is 0 Å². The lowest BCUT2D eigenvalue weighted by molar-refractivity contribution is 0.0697. The van der Waals surface area contributed by atoms with Gasteiger partial charge in [0.2, 0.25) is 0 Å². The monoisotopic (exact) mass is 283 g/mol. The number of fused-ring (bicyclic) bond motifs is 1. The second-order valence-electron chi connectivity index (χ2n) is 4.41. The number of aromatic nitrogens is 1. The number of nitrogens with zero attached hydrogens (tertiary/aromatic N) is 1. The van der Waals surface area contributed by atoms with E-state index >= 15 is 0 Å². The van der Waals surface area contributed by atoms with Crippen LogP contribution in [0.1, 0.15) is 10.4 Å². The number of carboxylic acids is 1. The zero-order valence-electron chi connectivity index (χ0n) is 10.4. The third-order valence-electron chi connectivity index (χ3n) is 3.13. The summed E-state index contributed by atoms with van der Waals surface area (Å²) in [5.74, 6) is -1.03. The van der Waals surface area contributed by atoms with Gasteiger partial charge in [0.1, 0.15) is 0 Å². The summed E-state index contributed by atoms with van der Waals surface area (Å²) in [6.07, 6.45) is 1.74. The quantitative estimate of drug-likeness (QED) is 0.765. The number of carbonyl (C=O) groups is 1. The van der Waals surface area contributed by atoms with Crippen LogP contribution in [0.25, 0.3) is 22.0 Å². The maximum Gasteiger partial charge on any atom is 0.337 e. The molecule has 1 aromatic heterocycles. The number of hydrogen-bond donors (Lipinski definition) is 1. The van der Waals surface area contributed by atoms with Crippen molar-refractivity contribution in [2.45, 2.75) is 0 Å². The standard InChI is InChI=1S/C16H10ClNO2/c17-14-5-3-11(9-13(14)16(19)20)10-4-6-15-12(8-10)2-1-7-18-15/h1-9H,(H,19,20). The van der Waals surface area contributed by atoms with Crippen LogP contribution in [0.3, 0.4) is 0 Å². The molecule has 1 N–H and O–H groups in total. The Labute approximate surface area is 120 Å². The number of benzene rings is 2. The second kappa shape index (κ2) is 4.94. The molecule has 0 radical (unpaired) electrons. The highest BCUT2D eigenvalue weighted by Crippen LogP contribution is 2.27. The Morgan fingerprint density at radius 3 is 2.60 bits per heavy atom. The molecule has 98 valence electrons. The molecule has 0 unspecified atom stereocenters. The summed E-state index contributed by atoms with van der Waals surface area (Å²) >= 11 is 5.88. The molecule has 4 heteroatoms. The van der Waals surface area contributed by atoms with Crippen LogP contribution < -0.4 is 0 Å². The van der Waals surface area contributed by atoms with E-state index in [1.165, 1.54) is 0 Å². The van der Waals surface area contributed by atoms with E-state index in [0.717, 1.165) is 22.0 Å². The second-order valence-corrected chi connectivity index (χ2v) is 4.82. The first-order chi connectivity index (χ1) is 9.65. The zero-order valence-corrected chi connectivity index (χ0v) is 11.1. The third-order valence-corrected chi connectivity index (χ3v) is 3.46. The van der Waals surface area contributed by atoms with E-state index in [1.54, 1.807) is 18.3 Å². The molecule has 3 nitrogen and oxygen atoms in total. The van der Waals surface area contributed by atoms with Crippen molar-refractivity contribution in [3.05, 3.63) is 65.3 Å². The molecule has 3 aromatic rings. The molecule has 0 fully saturated rings. The highest BCUT2D eigenvalue weighted by molar-refractivity contribution is 6.33. The molecule has 0 aliphatic carbocycles. The Bertz CT molecular complexity index is 814. The van der Waals surface area contributed by atoms with Gasteiger partial charge in [-0.15, -0.1) is 0 Å². The molecule has 0 spiro atoms. The summed E-state index contributed by atoms with van der Waals surface area (Å²) in [4.78, 5) is 15.4. The first-order valence-corrected chi connectivity index (χ1v) is 6.41. The van der Waals surface area contributed by atoms with E-state index in [9.17, 15) is 4.79 Å². The highest BCUT2D eigenvalue weighted by Gasteiger charge is 2.10. The van der Waals surface area contributed by atoms with Gasteiger partial charge in [-0.1, -0.05) is 29.8 Å². The molecule has 1 heterocycles. The fourth-order valence-corrected chi connectivity index (χ4v) is 2.32. The lowest BCUT2D eigenvalue weighted by atomic mass is 10.0. The molecule has 0 bridgehead atoms. The van der Waals surface area contributed by atoms with Gasteiger partial charge >= 0.3 is 5.97 Å². The van der Waals surface area contributed by atoms with Crippen LogP contribution in [-0.2, 0) is 0 Å². The minimum absolute atomic E-state index is 0.107. The minimum Gasteiger partial charge on any atom is -0.478 e. The fourth-order valence-electron chi connectivity index (χ4n) is 2.12. The summed E-state index contributed by atoms with van der Waals surface area (Å²) in [5.41, 5.74) is 2.77. The predicted octanol–water partition coefficient (Wildman–Crippen LogP) is 4.25. The van der Waals surface area contributed by atoms with Gasteiger partial charge in [-0.2, -0.15) is 0 Å². The average Bonchev–Trinajstić information content (AvgIpc) is 2.47. The molecule has 0 atom stereocenters. The maximum absolute atomic E-state index is 11.1. The normalized spacial score (nSPS) is 10.7. The number of aromatic carboxylic acids is 1. The van der Waals surface area contributed by atoms with Crippen molar-refractivity contribution in [1.29, 1.82) is 0 Å². The Morgan fingerprint density at radius 2 is 1.80 bits per heavy atom. The topological polar surface area (TPSA) is 50.2 Å². The first kappa shape index (κ1) is 12.6. The van der Waals surface area contributed by atoms with Gasteiger partial charge in [-0.05, 0) is 41.5 Å². The smallest absolute Gasteiger partial charge is 0.337 e. The minimum atomic E-state index is -1.03. The summed E-state index contributed by atoms with van der Waals surface area (Å²) in [5, 5.41) is 10.4. The number of hydrogen-bond acceptors (Lipinski definition) is 2. The Kier molecular flexibility index (Phi) is 3.12. The van der Waals surface area contributed by atoms with Crippen molar-refractivity contribution < 1.29 is 9.90 Å². The van der Waals surface area contributed by atoms with Crippen molar-refractivity contribution >= 4 is 28.5 Å². The summed E-state index contributed by atoms with van der Waals surface area (Å²) in [6, 6.07) is 14.7. The van der Waals surface area contributed by atoms with E-state index in [4.69, 9.17) is 16.7 Å². The molecule has 0 aliphatic heterocycles. The lowest BCUT2D eigenvalue weighted by Crippen LogP contribution is -1.97. The molecular weight excluding hydrogens is 274 g/mol. The van der Waals surface area contributed by atoms with Gasteiger partial charge in [-0.25, -0.2) is 4.79 Å². The first-order valence-electron chi connectivity index (χ1n) is 6.03. The lowest BCUT2D eigenvalue weighted by Gasteiger charge is -2.06. The number of rotatable bonds is 2. The molecule has 2 aromatic carbocycles. The van der Waals surface area contributed by atoms with Gasteiger partial charge in [0.15, 0.2) is 0 Å². The third kappa shape index (κ3) is 2.24. The summed E-state index contributed by atoms with van der Waals surface area (Å²) in [6.45, 7) is 0. The largest absolute Gasteiger partial charge is 0.478 e. The summed E-state index contributed by atoms with van der Waals surface area (Å²) in [7, 11) is 0. The van der Waals surface area contributed by atoms with Gasteiger partial charge in [-0.3, -0.25) is 4.98 Å². The van der Waals surface area contributed by atoms with Crippen molar-refractivity contribution in [3.8, 4) is 11.1 Å². The van der Waals surface area contributed by atoms with E-state index in [1.807, 2.05) is 36.4 Å². The SMILES string of the molecule is O=C(O)c1cc(-c2ccc3ncccc3c2)ccc1Cl. The van der Waals surface area contributed by atoms with Gasteiger partial charge in [0.25, 0.3) is 0 Å². The van der Waals surface area contributed by atoms with Crippen molar-refractivity contribution in [3.63, 3.8) is 0 Å². The van der Waals surface area contributed by atoms with E-state index < -0.39 is 5.97 Å². The van der Waals surface area contributed by atoms with Gasteiger partial charge in [0.05, 0.1) is 16.1 Å². The van der Waals surface area contributed by atoms with E-state index in [2.05, 4.69) is 4.98 Å². The van der Waals surface area contributed by atoms with Crippen molar-refractivity contribution in [2.75, 3.05) is 0 Å². The van der Waals surface area contributed by atoms with Crippen LogP contribution in [0.5, 0.6) is 0 Å². The van der Waals surface area contributed by atoms with Crippen LogP contribution in [0, 0.1) is 0 Å². The molecule has 0 saturated carbocycles. The fraction of sp³-hybridized carbons (Fsp3) is 0. The Morgan fingerprint density at radius 1 is 1.05 bits per heavy atom. The Hall–Kier alpha value is -2.39. The van der Waals surface area contributed by atoms with Crippen molar-refractivity contribution in [2.24, 2.45) is 0 Å². The van der Waals surface area contributed by atoms with E-state index in [-0.39, 0.29) is 10.6 Å². The van der Waals surface area contributed by atoms with Crippen LogP contribution >= 0.6 is 11.6 Å². The van der Waals surface area contributed by atoms with Crippen LogP contribution in [0.4, 0.5) is 0 Å². The maximum atomic E-state index is 11.1. The Balaban J connectivity index is 2.15. The molecule has 3 rings (SSSR count). The molecule has 0 amide bonds. The number of pyridine rings is 1. The van der Waals surface area contributed by atoms with Crippen LogP contribution in [0.15, 0.2) is 54.7 Å². The molecule has 0 aliphatic rings. The summed E-state index contributed by atoms with van der Waals surface area (Å²) < 4.78 is 0.